The summed E-state index contributed by atoms with van der Waals surface area (Å²) in [6, 6.07) is 11.3. The normalized spacial score (nSPS) is 10.1. The Morgan fingerprint density at radius 3 is 2.88 bits per heavy atom. The second-order valence-electron chi connectivity index (χ2n) is 3.54. The van der Waals surface area contributed by atoms with Crippen molar-refractivity contribution in [1.29, 1.82) is 0 Å². The first-order valence-corrected chi connectivity index (χ1v) is 5.09. The number of aliphatic hydroxyl groups excluding tert-OH is 1. The van der Waals surface area contributed by atoms with Gasteiger partial charge in [0.1, 0.15) is 5.75 Å². The van der Waals surface area contributed by atoms with Crippen molar-refractivity contribution in [2.75, 3.05) is 0 Å². The Hall–Kier alpha value is -1.87. The first-order valence-electron chi connectivity index (χ1n) is 5.09. The van der Waals surface area contributed by atoms with Crippen molar-refractivity contribution in [2.24, 2.45) is 0 Å². The van der Waals surface area contributed by atoms with E-state index in [2.05, 4.69) is 4.98 Å². The number of aryl methyl sites for hydroxylation is 1. The van der Waals surface area contributed by atoms with E-state index in [1.54, 1.807) is 18.3 Å². The van der Waals surface area contributed by atoms with Gasteiger partial charge in [-0.1, -0.05) is 12.1 Å². The molecule has 2 rings (SSSR count). The zero-order valence-electron chi connectivity index (χ0n) is 9.05. The van der Waals surface area contributed by atoms with E-state index in [1.807, 2.05) is 31.2 Å². The van der Waals surface area contributed by atoms with Crippen LogP contribution in [-0.2, 0) is 6.61 Å². The van der Waals surface area contributed by atoms with Crippen LogP contribution in [0.1, 0.15) is 11.1 Å². The summed E-state index contributed by atoms with van der Waals surface area (Å²) < 4.78 is 5.61. The molecule has 0 aliphatic carbocycles. The average Bonchev–Trinajstić information content (AvgIpc) is 2.30. The Balaban J connectivity index is 2.26. The lowest BCUT2D eigenvalue weighted by Gasteiger charge is -2.08. The lowest BCUT2D eigenvalue weighted by molar-refractivity contribution is 0.275. The lowest BCUT2D eigenvalue weighted by atomic mass is 10.2. The smallest absolute Gasteiger partial charge is 0.224 e. The molecule has 16 heavy (non-hydrogen) atoms. The molecule has 1 aromatic heterocycles. The zero-order valence-corrected chi connectivity index (χ0v) is 9.05. The summed E-state index contributed by atoms with van der Waals surface area (Å²) in [4.78, 5) is 4.09. The van der Waals surface area contributed by atoms with Crippen LogP contribution in [0.4, 0.5) is 0 Å². The number of nitrogens with zero attached hydrogens (tertiary/aromatic N) is 1. The number of pyridine rings is 1. The highest BCUT2D eigenvalue weighted by Crippen LogP contribution is 2.23. The summed E-state index contributed by atoms with van der Waals surface area (Å²) >= 11 is 0. The molecular formula is C13H13NO2. The molecule has 3 nitrogen and oxygen atoms in total. The number of hydrogen-bond acceptors (Lipinski definition) is 3. The lowest BCUT2D eigenvalue weighted by Crippen LogP contribution is -1.94. The summed E-state index contributed by atoms with van der Waals surface area (Å²) in [7, 11) is 0. The number of rotatable bonds is 3. The molecule has 0 aliphatic heterocycles. The van der Waals surface area contributed by atoms with Gasteiger partial charge < -0.3 is 9.84 Å². The van der Waals surface area contributed by atoms with Gasteiger partial charge in [0.15, 0.2) is 0 Å². The minimum absolute atomic E-state index is 0.0744. The van der Waals surface area contributed by atoms with E-state index < -0.39 is 0 Å². The van der Waals surface area contributed by atoms with Gasteiger partial charge >= 0.3 is 0 Å². The Kier molecular flexibility index (Phi) is 3.17. The molecule has 0 bridgehead atoms. The predicted molar refractivity (Wildman–Crippen MR) is 61.4 cm³/mol. The van der Waals surface area contributed by atoms with Crippen LogP contribution in [0.5, 0.6) is 11.6 Å². The van der Waals surface area contributed by atoms with Crippen molar-refractivity contribution in [3.05, 3.63) is 53.7 Å². The first-order chi connectivity index (χ1) is 7.79. The molecule has 0 radical (unpaired) electrons. The quantitative estimate of drug-likeness (QED) is 0.855. The molecule has 2 aromatic rings. The van der Waals surface area contributed by atoms with Crippen LogP contribution in [0.25, 0.3) is 0 Å². The molecule has 0 saturated carbocycles. The number of aromatic nitrogens is 1. The maximum absolute atomic E-state index is 9.13. The van der Waals surface area contributed by atoms with Crippen LogP contribution >= 0.6 is 0 Å². The van der Waals surface area contributed by atoms with Gasteiger partial charge in [-0.05, 0) is 36.8 Å². The van der Waals surface area contributed by atoms with Gasteiger partial charge in [0.25, 0.3) is 0 Å². The van der Waals surface area contributed by atoms with Crippen molar-refractivity contribution in [2.45, 2.75) is 13.5 Å². The van der Waals surface area contributed by atoms with Gasteiger partial charge in [-0.25, -0.2) is 4.98 Å². The SMILES string of the molecule is Cc1cccc(Oc2ncccc2CO)c1. The second kappa shape index (κ2) is 4.77. The summed E-state index contributed by atoms with van der Waals surface area (Å²) in [5.74, 6) is 1.18. The molecule has 1 aromatic carbocycles. The fourth-order valence-electron chi connectivity index (χ4n) is 1.43. The Morgan fingerprint density at radius 1 is 1.25 bits per heavy atom. The van der Waals surface area contributed by atoms with E-state index in [0.29, 0.717) is 11.4 Å². The molecule has 0 unspecified atom stereocenters. The average molecular weight is 215 g/mol. The van der Waals surface area contributed by atoms with Gasteiger partial charge in [0, 0.05) is 11.8 Å². The highest BCUT2D eigenvalue weighted by molar-refractivity contribution is 5.33. The van der Waals surface area contributed by atoms with E-state index in [-0.39, 0.29) is 6.61 Å². The molecule has 82 valence electrons. The van der Waals surface area contributed by atoms with Crippen molar-refractivity contribution < 1.29 is 9.84 Å². The van der Waals surface area contributed by atoms with Crippen LogP contribution in [0, 0.1) is 6.92 Å². The van der Waals surface area contributed by atoms with E-state index in [0.717, 1.165) is 11.3 Å². The largest absolute Gasteiger partial charge is 0.439 e. The van der Waals surface area contributed by atoms with Crippen LogP contribution < -0.4 is 4.74 Å². The number of benzene rings is 1. The zero-order chi connectivity index (χ0) is 11.4. The molecule has 0 amide bonds. The Morgan fingerprint density at radius 2 is 2.12 bits per heavy atom. The minimum atomic E-state index is -0.0744. The van der Waals surface area contributed by atoms with Crippen LogP contribution in [0.2, 0.25) is 0 Å². The van der Waals surface area contributed by atoms with Gasteiger partial charge in [0.05, 0.1) is 6.61 Å². The molecule has 0 spiro atoms. The first kappa shape index (κ1) is 10.6. The van der Waals surface area contributed by atoms with Crippen LogP contribution in [0.15, 0.2) is 42.6 Å². The summed E-state index contributed by atoms with van der Waals surface area (Å²) in [6.45, 7) is 1.92. The molecule has 0 aliphatic rings. The fourth-order valence-corrected chi connectivity index (χ4v) is 1.43. The topological polar surface area (TPSA) is 42.4 Å². The van der Waals surface area contributed by atoms with Gasteiger partial charge in [-0.15, -0.1) is 0 Å². The Labute approximate surface area is 94.3 Å². The van der Waals surface area contributed by atoms with Gasteiger partial charge in [0.2, 0.25) is 5.88 Å². The molecule has 1 heterocycles. The van der Waals surface area contributed by atoms with Crippen molar-refractivity contribution >= 4 is 0 Å². The van der Waals surface area contributed by atoms with Crippen molar-refractivity contribution in [3.63, 3.8) is 0 Å². The molecule has 0 atom stereocenters. The third-order valence-electron chi connectivity index (χ3n) is 2.22. The minimum Gasteiger partial charge on any atom is -0.439 e. The third kappa shape index (κ3) is 2.38. The molecule has 0 fully saturated rings. The molecule has 3 heteroatoms. The standard InChI is InChI=1S/C13H13NO2/c1-10-4-2-6-12(8-10)16-13-11(9-15)5-3-7-14-13/h2-8,15H,9H2,1H3. The van der Waals surface area contributed by atoms with E-state index in [1.165, 1.54) is 0 Å². The molecule has 1 N–H and O–H groups in total. The van der Waals surface area contributed by atoms with Crippen molar-refractivity contribution in [3.8, 4) is 11.6 Å². The summed E-state index contributed by atoms with van der Waals surface area (Å²) in [5.41, 5.74) is 1.81. The highest BCUT2D eigenvalue weighted by atomic mass is 16.5. The summed E-state index contributed by atoms with van der Waals surface area (Å²) in [5, 5.41) is 9.13. The third-order valence-corrected chi connectivity index (χ3v) is 2.22. The number of hydrogen-bond donors (Lipinski definition) is 1. The highest BCUT2D eigenvalue weighted by Gasteiger charge is 2.04. The van der Waals surface area contributed by atoms with E-state index in [9.17, 15) is 0 Å². The summed E-state index contributed by atoms with van der Waals surface area (Å²) in [6.07, 6.45) is 1.64. The maximum atomic E-state index is 9.13. The predicted octanol–water partition coefficient (Wildman–Crippen LogP) is 2.67. The molecule has 0 saturated heterocycles. The molecular weight excluding hydrogens is 202 g/mol. The van der Waals surface area contributed by atoms with Crippen LogP contribution in [0.3, 0.4) is 0 Å². The monoisotopic (exact) mass is 215 g/mol. The fraction of sp³-hybridized carbons (Fsp3) is 0.154. The number of aliphatic hydroxyl groups is 1. The van der Waals surface area contributed by atoms with Gasteiger partial charge in [-0.2, -0.15) is 0 Å². The van der Waals surface area contributed by atoms with Gasteiger partial charge in [-0.3, -0.25) is 0 Å². The van der Waals surface area contributed by atoms with E-state index in [4.69, 9.17) is 9.84 Å². The van der Waals surface area contributed by atoms with Crippen LogP contribution in [-0.4, -0.2) is 10.1 Å². The Bertz CT molecular complexity index is 483. The second-order valence-corrected chi connectivity index (χ2v) is 3.54. The number of ether oxygens (including phenoxy) is 1. The van der Waals surface area contributed by atoms with Crippen molar-refractivity contribution in [1.82, 2.24) is 4.98 Å². The van der Waals surface area contributed by atoms with E-state index >= 15 is 0 Å². The maximum Gasteiger partial charge on any atom is 0.224 e.